The normalized spacial score (nSPS) is 9.78. The lowest BCUT2D eigenvalue weighted by Gasteiger charge is -2.10. The topological polar surface area (TPSA) is 79.8 Å². The van der Waals surface area contributed by atoms with Crippen LogP contribution in [0.5, 0.6) is 0 Å². The van der Waals surface area contributed by atoms with Gasteiger partial charge < -0.3 is 0 Å². The van der Waals surface area contributed by atoms with Gasteiger partial charge in [-0.2, -0.15) is 5.26 Å². The van der Waals surface area contributed by atoms with Crippen LogP contribution in [0.25, 0.3) is 0 Å². The number of rotatable bonds is 2. The molecule has 0 bridgehead atoms. The first kappa shape index (κ1) is 11.7. The molecule has 0 aliphatic heterocycles. The van der Waals surface area contributed by atoms with Gasteiger partial charge in [0.1, 0.15) is 11.6 Å². The number of nitrogens with zero attached hydrogens (tertiary/aromatic N) is 3. The van der Waals surface area contributed by atoms with Gasteiger partial charge in [-0.25, -0.2) is 9.47 Å². The largest absolute Gasteiger partial charge is 0.349 e. The molecule has 0 radical (unpaired) electrons. The predicted octanol–water partition coefficient (Wildman–Crippen LogP) is 0.294. The van der Waals surface area contributed by atoms with Crippen molar-refractivity contribution in [3.05, 3.63) is 62.9 Å². The molecular formula is C12H10N4O2. The molecule has 1 aromatic carbocycles. The molecule has 0 aliphatic rings. The third-order valence-corrected chi connectivity index (χ3v) is 2.43. The number of para-hydroxylation sites is 1. The Bertz CT molecular complexity index is 722. The third-order valence-electron chi connectivity index (χ3n) is 2.43. The minimum Gasteiger partial charge on any atom is -0.290 e. The van der Waals surface area contributed by atoms with Crippen molar-refractivity contribution in [2.24, 2.45) is 7.05 Å². The summed E-state index contributed by atoms with van der Waals surface area (Å²) in [6.07, 6.45) is 1.19. The van der Waals surface area contributed by atoms with Gasteiger partial charge >= 0.3 is 5.69 Å². The molecule has 6 heteroatoms. The van der Waals surface area contributed by atoms with Crippen molar-refractivity contribution in [2.75, 3.05) is 5.43 Å². The first-order valence-corrected chi connectivity index (χ1v) is 5.18. The molecule has 0 unspecified atom stereocenters. The van der Waals surface area contributed by atoms with Crippen LogP contribution in [0.2, 0.25) is 0 Å². The van der Waals surface area contributed by atoms with Crippen molar-refractivity contribution in [3.8, 4) is 6.07 Å². The molecule has 1 N–H and O–H groups in total. The SMILES string of the molecule is Cn1c(=O)c(C#N)cn(Nc2ccccc2)c1=O. The van der Waals surface area contributed by atoms with Gasteiger partial charge in [-0.3, -0.25) is 14.8 Å². The maximum Gasteiger partial charge on any atom is 0.349 e. The average Bonchev–Trinajstić information content (AvgIpc) is 2.40. The lowest BCUT2D eigenvalue weighted by Crippen LogP contribution is -2.41. The van der Waals surface area contributed by atoms with Gasteiger partial charge in [0.15, 0.2) is 0 Å². The van der Waals surface area contributed by atoms with Crippen LogP contribution >= 0.6 is 0 Å². The molecule has 6 nitrogen and oxygen atoms in total. The second-order valence-corrected chi connectivity index (χ2v) is 3.65. The van der Waals surface area contributed by atoms with Crippen molar-refractivity contribution in [2.45, 2.75) is 0 Å². The molecular weight excluding hydrogens is 232 g/mol. The zero-order valence-corrected chi connectivity index (χ0v) is 9.62. The number of aromatic nitrogens is 2. The van der Waals surface area contributed by atoms with Gasteiger partial charge in [-0.05, 0) is 12.1 Å². The summed E-state index contributed by atoms with van der Waals surface area (Å²) in [7, 11) is 1.33. The van der Waals surface area contributed by atoms with E-state index < -0.39 is 11.2 Å². The highest BCUT2D eigenvalue weighted by Crippen LogP contribution is 2.04. The molecule has 1 heterocycles. The number of nitriles is 1. The summed E-state index contributed by atoms with van der Waals surface area (Å²) < 4.78 is 1.99. The van der Waals surface area contributed by atoms with Gasteiger partial charge in [0, 0.05) is 7.05 Å². The van der Waals surface area contributed by atoms with Crippen molar-refractivity contribution >= 4 is 5.69 Å². The van der Waals surface area contributed by atoms with Gasteiger partial charge in [-0.15, -0.1) is 0 Å². The average molecular weight is 242 g/mol. The Labute approximate surface area is 102 Å². The molecule has 0 saturated carbocycles. The van der Waals surface area contributed by atoms with E-state index in [1.165, 1.54) is 13.2 Å². The minimum atomic E-state index is -0.603. The van der Waals surface area contributed by atoms with Crippen molar-refractivity contribution in [1.82, 2.24) is 9.24 Å². The molecule has 1 aromatic heterocycles. The second kappa shape index (κ2) is 4.59. The summed E-state index contributed by atoms with van der Waals surface area (Å²) in [5, 5.41) is 8.82. The molecule has 18 heavy (non-hydrogen) atoms. The van der Waals surface area contributed by atoms with Gasteiger partial charge in [0.2, 0.25) is 0 Å². The van der Waals surface area contributed by atoms with E-state index in [0.717, 1.165) is 9.24 Å². The van der Waals surface area contributed by atoms with E-state index in [1.807, 2.05) is 6.07 Å². The van der Waals surface area contributed by atoms with Crippen LogP contribution in [0.1, 0.15) is 5.56 Å². The maximum atomic E-state index is 11.8. The van der Waals surface area contributed by atoms with Crippen molar-refractivity contribution < 1.29 is 0 Å². The standard InChI is InChI=1S/C12H10N4O2/c1-15-11(17)9(7-13)8-16(12(15)18)14-10-5-3-2-4-6-10/h2-6,8,14H,1H3. The second-order valence-electron chi connectivity index (χ2n) is 3.65. The number of hydrogen-bond donors (Lipinski definition) is 1. The van der Waals surface area contributed by atoms with E-state index in [-0.39, 0.29) is 5.56 Å². The monoisotopic (exact) mass is 242 g/mol. The highest BCUT2D eigenvalue weighted by Gasteiger charge is 2.07. The van der Waals surface area contributed by atoms with Crippen LogP contribution in [0.15, 0.2) is 46.1 Å². The molecule has 2 aromatic rings. The number of hydrogen-bond acceptors (Lipinski definition) is 4. The minimum absolute atomic E-state index is 0.0967. The van der Waals surface area contributed by atoms with Crippen LogP contribution in [0.3, 0.4) is 0 Å². The van der Waals surface area contributed by atoms with Gasteiger partial charge in [0.25, 0.3) is 5.56 Å². The maximum absolute atomic E-state index is 11.8. The molecule has 0 spiro atoms. The molecule has 0 amide bonds. The lowest BCUT2D eigenvalue weighted by molar-refractivity contribution is 0.698. The summed E-state index contributed by atoms with van der Waals surface area (Å²) in [6, 6.07) is 10.7. The van der Waals surface area contributed by atoms with Gasteiger partial charge in [0.05, 0.1) is 11.9 Å². The summed E-state index contributed by atoms with van der Waals surface area (Å²) in [6.45, 7) is 0. The van der Waals surface area contributed by atoms with Crippen LogP contribution in [-0.2, 0) is 7.05 Å². The van der Waals surface area contributed by atoms with E-state index in [0.29, 0.717) is 5.69 Å². The van der Waals surface area contributed by atoms with E-state index in [2.05, 4.69) is 5.43 Å². The highest BCUT2D eigenvalue weighted by molar-refractivity contribution is 5.42. The Morgan fingerprint density at radius 3 is 2.50 bits per heavy atom. The Kier molecular flexibility index (Phi) is 2.98. The summed E-state index contributed by atoms with van der Waals surface area (Å²) in [4.78, 5) is 23.3. The van der Waals surface area contributed by atoms with Crippen LogP contribution in [0, 0.1) is 11.3 Å². The van der Waals surface area contributed by atoms with E-state index in [4.69, 9.17) is 5.26 Å². The van der Waals surface area contributed by atoms with E-state index in [9.17, 15) is 9.59 Å². The van der Waals surface area contributed by atoms with Crippen LogP contribution in [-0.4, -0.2) is 9.24 Å². The fourth-order valence-corrected chi connectivity index (χ4v) is 1.48. The molecule has 0 atom stereocenters. The van der Waals surface area contributed by atoms with Gasteiger partial charge in [-0.1, -0.05) is 18.2 Å². The van der Waals surface area contributed by atoms with Crippen molar-refractivity contribution in [1.29, 1.82) is 5.26 Å². The van der Waals surface area contributed by atoms with Crippen LogP contribution < -0.4 is 16.7 Å². The Morgan fingerprint density at radius 1 is 1.22 bits per heavy atom. The summed E-state index contributed by atoms with van der Waals surface area (Å²) in [5.41, 5.74) is 2.25. The number of nitrogens with one attached hydrogen (secondary N) is 1. The highest BCUT2D eigenvalue weighted by atomic mass is 16.2. The molecule has 0 saturated heterocycles. The Morgan fingerprint density at radius 2 is 1.89 bits per heavy atom. The zero-order chi connectivity index (χ0) is 13.1. The quantitative estimate of drug-likeness (QED) is 0.821. The number of anilines is 1. The first-order chi connectivity index (χ1) is 8.63. The van der Waals surface area contributed by atoms with E-state index in [1.54, 1.807) is 30.3 Å². The fraction of sp³-hybridized carbons (Fsp3) is 0.0833. The first-order valence-electron chi connectivity index (χ1n) is 5.18. The lowest BCUT2D eigenvalue weighted by atomic mass is 10.3. The van der Waals surface area contributed by atoms with E-state index >= 15 is 0 Å². The summed E-state index contributed by atoms with van der Waals surface area (Å²) in [5.74, 6) is 0. The molecule has 0 fully saturated rings. The molecule has 90 valence electrons. The molecule has 0 aliphatic carbocycles. The zero-order valence-electron chi connectivity index (χ0n) is 9.62. The fourth-order valence-electron chi connectivity index (χ4n) is 1.48. The molecule has 2 rings (SSSR count). The smallest absolute Gasteiger partial charge is 0.290 e. The number of benzene rings is 1. The summed E-state index contributed by atoms with van der Waals surface area (Å²) >= 11 is 0. The Hall–Kier alpha value is -2.81. The predicted molar refractivity (Wildman–Crippen MR) is 66.1 cm³/mol. The Balaban J connectivity index is 2.54. The van der Waals surface area contributed by atoms with Crippen LogP contribution in [0.4, 0.5) is 5.69 Å². The van der Waals surface area contributed by atoms with Crippen molar-refractivity contribution in [3.63, 3.8) is 0 Å². The third kappa shape index (κ3) is 2.01.